The lowest BCUT2D eigenvalue weighted by atomic mass is 10.2. The quantitative estimate of drug-likeness (QED) is 0.372. The SMILES string of the molecule is CCOc1ccc(NC(=O)COC(=O)CNC(=O)c2cccc([N+](=O)[O-])c2)cc1. The van der Waals surface area contributed by atoms with Crippen molar-refractivity contribution in [2.24, 2.45) is 0 Å². The molecule has 152 valence electrons. The van der Waals surface area contributed by atoms with E-state index in [2.05, 4.69) is 10.6 Å². The second kappa shape index (κ2) is 10.4. The summed E-state index contributed by atoms with van der Waals surface area (Å²) in [6, 6.07) is 11.7. The second-order valence-corrected chi connectivity index (χ2v) is 5.66. The molecule has 0 unspecified atom stereocenters. The summed E-state index contributed by atoms with van der Waals surface area (Å²) < 4.78 is 10.1. The van der Waals surface area contributed by atoms with E-state index in [1.165, 1.54) is 18.2 Å². The number of hydrogen-bond donors (Lipinski definition) is 2. The van der Waals surface area contributed by atoms with Crippen LogP contribution in [-0.4, -0.2) is 42.5 Å². The van der Waals surface area contributed by atoms with Gasteiger partial charge in [0.2, 0.25) is 0 Å². The average molecular weight is 401 g/mol. The number of non-ortho nitro benzene ring substituents is 1. The number of benzene rings is 2. The van der Waals surface area contributed by atoms with Crippen LogP contribution in [0.5, 0.6) is 5.75 Å². The summed E-state index contributed by atoms with van der Waals surface area (Å²) in [7, 11) is 0. The van der Waals surface area contributed by atoms with Gasteiger partial charge in [0, 0.05) is 23.4 Å². The summed E-state index contributed by atoms with van der Waals surface area (Å²) in [5.74, 6) is -1.39. The summed E-state index contributed by atoms with van der Waals surface area (Å²) >= 11 is 0. The Hall–Kier alpha value is -3.95. The molecule has 0 aliphatic rings. The number of carbonyl (C=O) groups excluding carboxylic acids is 3. The molecule has 2 amide bonds. The predicted molar refractivity (Wildman–Crippen MR) is 103 cm³/mol. The van der Waals surface area contributed by atoms with E-state index in [0.717, 1.165) is 6.07 Å². The molecule has 0 heterocycles. The Morgan fingerprint density at radius 1 is 1.10 bits per heavy atom. The molecule has 0 atom stereocenters. The molecule has 10 nitrogen and oxygen atoms in total. The normalized spacial score (nSPS) is 9.97. The highest BCUT2D eigenvalue weighted by Gasteiger charge is 2.14. The highest BCUT2D eigenvalue weighted by atomic mass is 16.6. The number of nitrogens with one attached hydrogen (secondary N) is 2. The number of carbonyl (C=O) groups is 3. The highest BCUT2D eigenvalue weighted by molar-refractivity contribution is 5.97. The van der Waals surface area contributed by atoms with Gasteiger partial charge in [0.25, 0.3) is 17.5 Å². The summed E-state index contributed by atoms with van der Waals surface area (Å²) in [5.41, 5.74) is 0.292. The Morgan fingerprint density at radius 3 is 2.48 bits per heavy atom. The fourth-order valence-corrected chi connectivity index (χ4v) is 2.21. The minimum Gasteiger partial charge on any atom is -0.494 e. The molecule has 0 aliphatic heterocycles. The van der Waals surface area contributed by atoms with E-state index in [1.807, 2.05) is 6.92 Å². The largest absolute Gasteiger partial charge is 0.494 e. The van der Waals surface area contributed by atoms with Crippen LogP contribution in [0.25, 0.3) is 0 Å². The van der Waals surface area contributed by atoms with E-state index in [9.17, 15) is 24.5 Å². The molecule has 29 heavy (non-hydrogen) atoms. The molecule has 10 heteroatoms. The van der Waals surface area contributed by atoms with E-state index in [0.29, 0.717) is 18.0 Å². The first-order valence-corrected chi connectivity index (χ1v) is 8.60. The van der Waals surface area contributed by atoms with Crippen LogP contribution >= 0.6 is 0 Å². The molecule has 0 spiro atoms. The van der Waals surface area contributed by atoms with Gasteiger partial charge >= 0.3 is 5.97 Å². The fourth-order valence-electron chi connectivity index (χ4n) is 2.21. The van der Waals surface area contributed by atoms with Crippen LogP contribution in [0.3, 0.4) is 0 Å². The molecule has 2 aromatic carbocycles. The third-order valence-corrected chi connectivity index (χ3v) is 3.53. The zero-order chi connectivity index (χ0) is 21.2. The number of ether oxygens (including phenoxy) is 2. The van der Waals surface area contributed by atoms with Crippen molar-refractivity contribution < 1.29 is 28.8 Å². The highest BCUT2D eigenvalue weighted by Crippen LogP contribution is 2.15. The lowest BCUT2D eigenvalue weighted by Gasteiger charge is -2.08. The number of anilines is 1. The number of hydrogen-bond acceptors (Lipinski definition) is 7. The molecule has 0 saturated carbocycles. The predicted octanol–water partition coefficient (Wildman–Crippen LogP) is 1.91. The van der Waals surface area contributed by atoms with Crippen molar-refractivity contribution >= 4 is 29.2 Å². The Labute approximate surface area is 166 Å². The molecule has 0 fully saturated rings. The number of nitro groups is 1. The first-order valence-electron chi connectivity index (χ1n) is 8.60. The third kappa shape index (κ3) is 6.94. The number of nitrogens with zero attached hydrogens (tertiary/aromatic N) is 1. The van der Waals surface area contributed by atoms with Gasteiger partial charge in [0.1, 0.15) is 12.3 Å². The van der Waals surface area contributed by atoms with Crippen LogP contribution in [-0.2, 0) is 14.3 Å². The number of esters is 1. The molecule has 2 rings (SSSR count). The molecular weight excluding hydrogens is 382 g/mol. The first-order chi connectivity index (χ1) is 13.9. The molecule has 0 bridgehead atoms. The minimum absolute atomic E-state index is 0.0280. The van der Waals surface area contributed by atoms with Crippen molar-refractivity contribution in [2.75, 3.05) is 25.1 Å². The van der Waals surface area contributed by atoms with E-state index in [4.69, 9.17) is 9.47 Å². The molecular formula is C19H19N3O7. The van der Waals surface area contributed by atoms with Crippen molar-refractivity contribution in [2.45, 2.75) is 6.92 Å². The van der Waals surface area contributed by atoms with Crippen molar-refractivity contribution in [1.29, 1.82) is 0 Å². The van der Waals surface area contributed by atoms with Gasteiger partial charge in [-0.3, -0.25) is 24.5 Å². The van der Waals surface area contributed by atoms with Crippen molar-refractivity contribution in [3.05, 3.63) is 64.2 Å². The number of amides is 2. The Kier molecular flexibility index (Phi) is 7.66. The Morgan fingerprint density at radius 2 is 1.83 bits per heavy atom. The van der Waals surface area contributed by atoms with Crippen LogP contribution in [0.1, 0.15) is 17.3 Å². The van der Waals surface area contributed by atoms with Gasteiger partial charge < -0.3 is 20.1 Å². The maximum absolute atomic E-state index is 11.9. The van der Waals surface area contributed by atoms with E-state index >= 15 is 0 Å². The average Bonchev–Trinajstić information content (AvgIpc) is 2.72. The summed E-state index contributed by atoms with van der Waals surface area (Å²) in [4.78, 5) is 45.5. The second-order valence-electron chi connectivity index (χ2n) is 5.66. The zero-order valence-electron chi connectivity index (χ0n) is 15.5. The van der Waals surface area contributed by atoms with E-state index in [1.54, 1.807) is 24.3 Å². The first kappa shape index (κ1) is 21.4. The smallest absolute Gasteiger partial charge is 0.325 e. The van der Waals surface area contributed by atoms with Crippen LogP contribution in [0.15, 0.2) is 48.5 Å². The standard InChI is InChI=1S/C19H19N3O7/c1-2-28-16-8-6-14(7-9-16)21-17(23)12-29-18(24)11-20-19(25)13-4-3-5-15(10-13)22(26)27/h3-10H,2,11-12H2,1H3,(H,20,25)(H,21,23). The van der Waals surface area contributed by atoms with Gasteiger partial charge in [0.05, 0.1) is 11.5 Å². The number of nitro benzene ring substituents is 1. The summed E-state index contributed by atoms with van der Waals surface area (Å²) in [5, 5.41) is 15.5. The fraction of sp³-hybridized carbons (Fsp3) is 0.211. The van der Waals surface area contributed by atoms with E-state index < -0.39 is 35.9 Å². The lowest BCUT2D eigenvalue weighted by molar-refractivity contribution is -0.384. The topological polar surface area (TPSA) is 137 Å². The van der Waals surface area contributed by atoms with Gasteiger partial charge in [-0.15, -0.1) is 0 Å². The van der Waals surface area contributed by atoms with Crippen molar-refractivity contribution in [3.8, 4) is 5.75 Å². The summed E-state index contributed by atoms with van der Waals surface area (Å²) in [6.07, 6.45) is 0. The van der Waals surface area contributed by atoms with Crippen LogP contribution < -0.4 is 15.4 Å². The van der Waals surface area contributed by atoms with Gasteiger partial charge in [-0.1, -0.05) is 6.07 Å². The molecule has 2 aromatic rings. The monoisotopic (exact) mass is 401 g/mol. The van der Waals surface area contributed by atoms with Gasteiger partial charge in [-0.05, 0) is 37.3 Å². The summed E-state index contributed by atoms with van der Waals surface area (Å²) in [6.45, 7) is 1.37. The van der Waals surface area contributed by atoms with Crippen LogP contribution in [0.4, 0.5) is 11.4 Å². The zero-order valence-corrected chi connectivity index (χ0v) is 15.5. The third-order valence-electron chi connectivity index (χ3n) is 3.53. The number of rotatable bonds is 9. The van der Waals surface area contributed by atoms with E-state index in [-0.39, 0.29) is 11.3 Å². The lowest BCUT2D eigenvalue weighted by Crippen LogP contribution is -2.32. The molecule has 0 radical (unpaired) electrons. The van der Waals surface area contributed by atoms with Crippen molar-refractivity contribution in [3.63, 3.8) is 0 Å². The molecule has 0 saturated heterocycles. The maximum atomic E-state index is 11.9. The Balaban J connectivity index is 1.74. The van der Waals surface area contributed by atoms with Gasteiger partial charge in [0.15, 0.2) is 6.61 Å². The molecule has 0 aromatic heterocycles. The maximum Gasteiger partial charge on any atom is 0.325 e. The molecule has 2 N–H and O–H groups in total. The van der Waals surface area contributed by atoms with Crippen molar-refractivity contribution in [1.82, 2.24) is 5.32 Å². The Bertz CT molecular complexity index is 897. The minimum atomic E-state index is -0.828. The van der Waals surface area contributed by atoms with Gasteiger partial charge in [-0.25, -0.2) is 0 Å². The van der Waals surface area contributed by atoms with Crippen LogP contribution in [0.2, 0.25) is 0 Å². The van der Waals surface area contributed by atoms with Crippen LogP contribution in [0, 0.1) is 10.1 Å². The molecule has 0 aliphatic carbocycles. The van der Waals surface area contributed by atoms with Gasteiger partial charge in [-0.2, -0.15) is 0 Å².